The second-order valence-corrected chi connectivity index (χ2v) is 6.39. The van der Waals surface area contributed by atoms with E-state index in [1.54, 1.807) is 12.1 Å². The molecule has 0 radical (unpaired) electrons. The van der Waals surface area contributed by atoms with Gasteiger partial charge < -0.3 is 15.6 Å². The van der Waals surface area contributed by atoms with Crippen molar-refractivity contribution in [2.45, 2.75) is 25.3 Å². The number of allylic oxidation sites excluding steroid dienone is 1. The Morgan fingerprint density at radius 1 is 1.00 bits per heavy atom. The van der Waals surface area contributed by atoms with E-state index in [1.165, 1.54) is 0 Å². The van der Waals surface area contributed by atoms with Gasteiger partial charge in [-0.3, -0.25) is 0 Å². The van der Waals surface area contributed by atoms with Gasteiger partial charge in [-0.15, -0.1) is 0 Å². The van der Waals surface area contributed by atoms with E-state index in [1.807, 2.05) is 42.5 Å². The van der Waals surface area contributed by atoms with Gasteiger partial charge >= 0.3 is 0 Å². The van der Waals surface area contributed by atoms with Gasteiger partial charge in [-0.05, 0) is 43.0 Å². The maximum atomic E-state index is 10.2. The summed E-state index contributed by atoms with van der Waals surface area (Å²) in [5.41, 5.74) is 7.14. The topological polar surface area (TPSA) is 64.9 Å². The molecule has 1 aliphatic carbocycles. The highest BCUT2D eigenvalue weighted by molar-refractivity contribution is 6.07. The zero-order valence-corrected chi connectivity index (χ0v) is 13.3. The normalized spacial score (nSPS) is 24.3. The second-order valence-electron chi connectivity index (χ2n) is 6.39. The van der Waals surface area contributed by atoms with Crippen molar-refractivity contribution >= 4 is 11.8 Å². The molecule has 3 N–H and O–H groups in total. The molecule has 0 aromatic heterocycles. The number of benzene rings is 2. The fraction of sp³-hybridized carbons (Fsp3) is 0.250. The Kier molecular flexibility index (Phi) is 3.73. The highest BCUT2D eigenvalue weighted by atomic mass is 16.3. The van der Waals surface area contributed by atoms with E-state index in [4.69, 9.17) is 0 Å². The number of aromatic hydroxyl groups is 2. The third-order valence-corrected chi connectivity index (χ3v) is 4.91. The number of phenols is 2. The van der Waals surface area contributed by atoms with Crippen molar-refractivity contribution in [2.75, 3.05) is 0 Å². The molecule has 1 fully saturated rings. The van der Waals surface area contributed by atoms with Crippen LogP contribution in [0.2, 0.25) is 0 Å². The van der Waals surface area contributed by atoms with Gasteiger partial charge in [0.05, 0.1) is 11.8 Å². The van der Waals surface area contributed by atoms with Gasteiger partial charge in [0.1, 0.15) is 11.5 Å². The number of fused-ring (bicyclic) bond motifs is 1. The van der Waals surface area contributed by atoms with Crippen molar-refractivity contribution in [2.24, 2.45) is 11.0 Å². The Bertz CT molecular complexity index is 826. The number of rotatable bonds is 2. The average molecular weight is 320 g/mol. The number of nitrogens with one attached hydrogen (secondary N) is 1. The quantitative estimate of drug-likeness (QED) is 0.784. The fourth-order valence-electron chi connectivity index (χ4n) is 3.70. The largest absolute Gasteiger partial charge is 0.508 e. The van der Waals surface area contributed by atoms with Gasteiger partial charge in [-0.1, -0.05) is 36.4 Å². The number of phenolic OH excluding ortho intramolecular Hbond substituents is 2. The summed E-state index contributed by atoms with van der Waals surface area (Å²) in [7, 11) is 0. The van der Waals surface area contributed by atoms with Gasteiger partial charge in [0, 0.05) is 17.0 Å². The molecule has 0 bridgehead atoms. The van der Waals surface area contributed by atoms with Crippen LogP contribution in [0.5, 0.6) is 11.5 Å². The Hall–Kier alpha value is -2.75. The summed E-state index contributed by atoms with van der Waals surface area (Å²) in [5, 5.41) is 24.7. The monoisotopic (exact) mass is 320 g/mol. The van der Waals surface area contributed by atoms with Gasteiger partial charge in [-0.2, -0.15) is 5.10 Å². The highest BCUT2D eigenvalue weighted by Crippen LogP contribution is 2.41. The van der Waals surface area contributed by atoms with E-state index >= 15 is 0 Å². The van der Waals surface area contributed by atoms with Crippen LogP contribution in [-0.2, 0) is 0 Å². The summed E-state index contributed by atoms with van der Waals surface area (Å²) in [6.45, 7) is 0. The summed E-state index contributed by atoms with van der Waals surface area (Å²) >= 11 is 0. The van der Waals surface area contributed by atoms with Crippen molar-refractivity contribution in [1.29, 1.82) is 0 Å². The van der Waals surface area contributed by atoms with E-state index in [0.717, 1.165) is 41.7 Å². The smallest absolute Gasteiger partial charge is 0.122 e. The maximum absolute atomic E-state index is 10.2. The van der Waals surface area contributed by atoms with Crippen LogP contribution in [0.1, 0.15) is 36.4 Å². The lowest BCUT2D eigenvalue weighted by Crippen LogP contribution is -2.25. The van der Waals surface area contributed by atoms with Crippen molar-refractivity contribution in [3.8, 4) is 11.5 Å². The SMILES string of the molecule is Oc1ccccc1/C=C1/CCCC2C1=NNC2c1ccccc1O. The van der Waals surface area contributed by atoms with E-state index in [2.05, 4.69) is 10.5 Å². The molecule has 0 amide bonds. The highest BCUT2D eigenvalue weighted by Gasteiger charge is 2.37. The molecule has 0 saturated heterocycles. The van der Waals surface area contributed by atoms with Crippen molar-refractivity contribution in [3.63, 3.8) is 0 Å². The standard InChI is InChI=1S/C20H20N2O2/c23-17-10-3-1-6-13(17)12-14-7-5-9-16-19(14)21-22-20(16)15-8-2-4-11-18(15)24/h1-4,6,8,10-12,16,20,22-24H,5,7,9H2/b14-12-. The molecule has 2 aliphatic rings. The number of hydrogen-bond acceptors (Lipinski definition) is 4. The molecular formula is C20H20N2O2. The molecule has 4 nitrogen and oxygen atoms in total. The number of hydrogen-bond donors (Lipinski definition) is 3. The van der Waals surface area contributed by atoms with Crippen LogP contribution >= 0.6 is 0 Å². The van der Waals surface area contributed by atoms with E-state index in [9.17, 15) is 10.2 Å². The second kappa shape index (κ2) is 6.04. The van der Waals surface area contributed by atoms with E-state index in [-0.39, 0.29) is 17.7 Å². The Balaban J connectivity index is 1.66. The minimum absolute atomic E-state index is 0.00858. The van der Waals surface area contributed by atoms with Crippen LogP contribution in [0.4, 0.5) is 0 Å². The molecule has 0 spiro atoms. The Labute approximate surface area is 141 Å². The van der Waals surface area contributed by atoms with Crippen molar-refractivity contribution in [3.05, 3.63) is 65.2 Å². The summed E-state index contributed by atoms with van der Waals surface area (Å²) in [6, 6.07) is 14.8. The Morgan fingerprint density at radius 2 is 1.75 bits per heavy atom. The van der Waals surface area contributed by atoms with Crippen molar-refractivity contribution < 1.29 is 10.2 Å². The number of para-hydroxylation sites is 2. The summed E-state index contributed by atoms with van der Waals surface area (Å²) in [6.07, 6.45) is 5.12. The maximum Gasteiger partial charge on any atom is 0.122 e. The third-order valence-electron chi connectivity index (χ3n) is 4.91. The molecule has 122 valence electrons. The molecule has 1 aliphatic heterocycles. The molecule has 4 heteroatoms. The lowest BCUT2D eigenvalue weighted by molar-refractivity contribution is 0.415. The van der Waals surface area contributed by atoms with Crippen LogP contribution in [0.25, 0.3) is 6.08 Å². The molecule has 1 heterocycles. The van der Waals surface area contributed by atoms with Gasteiger partial charge in [0.2, 0.25) is 0 Å². The van der Waals surface area contributed by atoms with Gasteiger partial charge in [0.25, 0.3) is 0 Å². The molecule has 2 atom stereocenters. The third kappa shape index (κ3) is 2.54. The van der Waals surface area contributed by atoms with Crippen LogP contribution in [0.3, 0.4) is 0 Å². The first-order valence-corrected chi connectivity index (χ1v) is 8.34. The molecule has 2 unspecified atom stereocenters. The van der Waals surface area contributed by atoms with Crippen LogP contribution in [0, 0.1) is 5.92 Å². The average Bonchev–Trinajstić information content (AvgIpc) is 3.02. The lowest BCUT2D eigenvalue weighted by atomic mass is 9.77. The van der Waals surface area contributed by atoms with Crippen LogP contribution < -0.4 is 5.43 Å². The zero-order chi connectivity index (χ0) is 16.5. The lowest BCUT2D eigenvalue weighted by Gasteiger charge is -2.26. The van der Waals surface area contributed by atoms with Crippen molar-refractivity contribution in [1.82, 2.24) is 5.43 Å². The minimum Gasteiger partial charge on any atom is -0.508 e. The first-order valence-electron chi connectivity index (χ1n) is 8.34. The molecular weight excluding hydrogens is 300 g/mol. The van der Waals surface area contributed by atoms with E-state index in [0.29, 0.717) is 5.75 Å². The predicted molar refractivity (Wildman–Crippen MR) is 94.8 cm³/mol. The zero-order valence-electron chi connectivity index (χ0n) is 13.3. The van der Waals surface area contributed by atoms with Gasteiger partial charge in [0.15, 0.2) is 0 Å². The summed E-state index contributed by atoms with van der Waals surface area (Å²) in [4.78, 5) is 0. The number of hydrazone groups is 1. The minimum atomic E-state index is 0.00858. The van der Waals surface area contributed by atoms with Gasteiger partial charge in [-0.25, -0.2) is 0 Å². The Morgan fingerprint density at radius 3 is 2.54 bits per heavy atom. The number of nitrogens with zero attached hydrogens (tertiary/aromatic N) is 1. The first-order chi connectivity index (χ1) is 11.7. The fourth-order valence-corrected chi connectivity index (χ4v) is 3.70. The molecule has 2 aromatic carbocycles. The van der Waals surface area contributed by atoms with E-state index < -0.39 is 0 Å². The summed E-state index contributed by atoms with van der Waals surface area (Å²) in [5.74, 6) is 0.850. The molecule has 1 saturated carbocycles. The molecule has 24 heavy (non-hydrogen) atoms. The predicted octanol–water partition coefficient (Wildman–Crippen LogP) is 3.98. The molecule has 4 rings (SSSR count). The first kappa shape index (κ1) is 14.8. The van der Waals surface area contributed by atoms with Crippen LogP contribution in [0.15, 0.2) is 59.2 Å². The summed E-state index contributed by atoms with van der Waals surface area (Å²) < 4.78 is 0. The molecule has 2 aromatic rings. The van der Waals surface area contributed by atoms with Crippen LogP contribution in [-0.4, -0.2) is 15.9 Å².